The first kappa shape index (κ1) is 13.6. The number of hydrogen-bond donors (Lipinski definition) is 1. The van der Waals surface area contributed by atoms with Crippen molar-refractivity contribution in [2.45, 2.75) is 11.9 Å². The number of alkyl halides is 1. The highest BCUT2D eigenvalue weighted by molar-refractivity contribution is 6.23. The van der Waals surface area contributed by atoms with E-state index in [9.17, 15) is 0 Å². The Kier molecular flexibility index (Phi) is 5.27. The van der Waals surface area contributed by atoms with E-state index in [4.69, 9.17) is 16.3 Å². The van der Waals surface area contributed by atoms with Crippen LogP contribution < -0.4 is 10.1 Å². The number of benzene rings is 1. The van der Waals surface area contributed by atoms with Gasteiger partial charge in [-0.25, -0.2) is 0 Å². The molecular formula is C10H15Cl2NO. The van der Waals surface area contributed by atoms with Gasteiger partial charge in [-0.3, -0.25) is 5.32 Å². The van der Waals surface area contributed by atoms with E-state index in [0.29, 0.717) is 0 Å². The summed E-state index contributed by atoms with van der Waals surface area (Å²) in [5.41, 5.74) is 1.03. The van der Waals surface area contributed by atoms with Gasteiger partial charge in [0.2, 0.25) is 0 Å². The fourth-order valence-corrected chi connectivity index (χ4v) is 1.17. The van der Waals surface area contributed by atoms with Crippen LogP contribution in [0.5, 0.6) is 5.75 Å². The Morgan fingerprint density at radius 2 is 1.79 bits per heavy atom. The van der Waals surface area contributed by atoms with Gasteiger partial charge in [-0.05, 0) is 31.7 Å². The minimum Gasteiger partial charge on any atom is -0.497 e. The Hall–Kier alpha value is -0.440. The predicted molar refractivity (Wildman–Crippen MR) is 62.5 cm³/mol. The van der Waals surface area contributed by atoms with E-state index >= 15 is 0 Å². The Bertz CT molecular complexity index is 272. The van der Waals surface area contributed by atoms with Crippen molar-refractivity contribution in [3.63, 3.8) is 0 Å². The van der Waals surface area contributed by atoms with E-state index < -0.39 is 5.00 Å². The highest BCUT2D eigenvalue weighted by Crippen LogP contribution is 2.26. The predicted octanol–water partition coefficient (Wildman–Crippen LogP) is 2.75. The van der Waals surface area contributed by atoms with Crippen molar-refractivity contribution < 1.29 is 4.74 Å². The lowest BCUT2D eigenvalue weighted by atomic mass is 10.1. The first-order valence-electron chi connectivity index (χ1n) is 4.12. The maximum atomic E-state index is 6.19. The summed E-state index contributed by atoms with van der Waals surface area (Å²) >= 11 is 6.19. The van der Waals surface area contributed by atoms with Crippen LogP contribution in [0.25, 0.3) is 0 Å². The SMILES string of the molecule is CNC(C)(Cl)c1ccc(OC)cc1.Cl. The van der Waals surface area contributed by atoms with Gasteiger partial charge in [0.05, 0.1) is 7.11 Å². The molecule has 0 aliphatic rings. The van der Waals surface area contributed by atoms with Crippen molar-refractivity contribution in [1.82, 2.24) is 5.32 Å². The fraction of sp³-hybridized carbons (Fsp3) is 0.400. The van der Waals surface area contributed by atoms with Crippen LogP contribution in [0.1, 0.15) is 12.5 Å². The van der Waals surface area contributed by atoms with E-state index in [1.165, 1.54) is 0 Å². The van der Waals surface area contributed by atoms with Crippen molar-refractivity contribution in [1.29, 1.82) is 0 Å². The van der Waals surface area contributed by atoms with Gasteiger partial charge in [0.15, 0.2) is 0 Å². The molecule has 0 aromatic heterocycles. The standard InChI is InChI=1S/C10H14ClNO.ClH/c1-10(11,12-2)8-4-6-9(13-3)7-5-8;/h4-7,12H,1-3H3;1H. The molecule has 1 atom stereocenters. The summed E-state index contributed by atoms with van der Waals surface area (Å²) in [7, 11) is 3.48. The zero-order valence-corrected chi connectivity index (χ0v) is 10.1. The largest absolute Gasteiger partial charge is 0.497 e. The molecule has 0 fully saturated rings. The number of methoxy groups -OCH3 is 1. The molecule has 0 bridgehead atoms. The maximum Gasteiger partial charge on any atom is 0.118 e. The summed E-state index contributed by atoms with van der Waals surface area (Å²) in [4.78, 5) is -0.508. The van der Waals surface area contributed by atoms with Crippen LogP contribution in [0.15, 0.2) is 24.3 Å². The summed E-state index contributed by atoms with van der Waals surface area (Å²) < 4.78 is 5.05. The highest BCUT2D eigenvalue weighted by Gasteiger charge is 2.19. The second-order valence-corrected chi connectivity index (χ2v) is 3.74. The molecule has 0 aliphatic carbocycles. The molecule has 2 nitrogen and oxygen atoms in total. The fourth-order valence-electron chi connectivity index (χ4n) is 1.05. The first-order valence-corrected chi connectivity index (χ1v) is 4.50. The van der Waals surface area contributed by atoms with Crippen LogP contribution in [-0.2, 0) is 5.00 Å². The number of hydrogen-bond acceptors (Lipinski definition) is 2. The molecule has 0 amide bonds. The Morgan fingerprint density at radius 3 is 2.14 bits per heavy atom. The molecule has 0 saturated carbocycles. The third-order valence-electron chi connectivity index (χ3n) is 2.10. The van der Waals surface area contributed by atoms with Gasteiger partial charge in [-0.15, -0.1) is 12.4 Å². The van der Waals surface area contributed by atoms with E-state index in [-0.39, 0.29) is 12.4 Å². The van der Waals surface area contributed by atoms with E-state index in [1.54, 1.807) is 7.11 Å². The zero-order chi connectivity index (χ0) is 9.90. The average molecular weight is 236 g/mol. The molecule has 0 heterocycles. The second kappa shape index (κ2) is 5.44. The third kappa shape index (κ3) is 3.05. The van der Waals surface area contributed by atoms with Gasteiger partial charge in [-0.1, -0.05) is 23.7 Å². The summed E-state index contributed by atoms with van der Waals surface area (Å²) in [5, 5.41) is 3.02. The van der Waals surface area contributed by atoms with E-state index in [0.717, 1.165) is 11.3 Å². The molecule has 1 rings (SSSR count). The number of rotatable bonds is 3. The molecule has 0 spiro atoms. The Balaban J connectivity index is 0.00000169. The van der Waals surface area contributed by atoms with Crippen LogP contribution in [0.4, 0.5) is 0 Å². The minimum absolute atomic E-state index is 0. The molecule has 4 heteroatoms. The summed E-state index contributed by atoms with van der Waals surface area (Å²) in [6.07, 6.45) is 0. The summed E-state index contributed by atoms with van der Waals surface area (Å²) in [5.74, 6) is 0.840. The van der Waals surface area contributed by atoms with Crippen molar-refractivity contribution in [3.05, 3.63) is 29.8 Å². The minimum atomic E-state index is -0.508. The molecule has 1 aromatic carbocycles. The molecular weight excluding hydrogens is 221 g/mol. The van der Waals surface area contributed by atoms with Crippen molar-refractivity contribution >= 4 is 24.0 Å². The molecule has 14 heavy (non-hydrogen) atoms. The van der Waals surface area contributed by atoms with Crippen LogP contribution in [0, 0.1) is 0 Å². The average Bonchev–Trinajstić information content (AvgIpc) is 2.18. The molecule has 1 aromatic rings. The number of halogens is 2. The lowest BCUT2D eigenvalue weighted by Gasteiger charge is -2.21. The normalized spacial score (nSPS) is 14.0. The maximum absolute atomic E-state index is 6.19. The molecule has 0 radical (unpaired) electrons. The van der Waals surface area contributed by atoms with Gasteiger partial charge in [-0.2, -0.15) is 0 Å². The third-order valence-corrected chi connectivity index (χ3v) is 2.51. The lowest BCUT2D eigenvalue weighted by molar-refractivity contribution is 0.414. The monoisotopic (exact) mass is 235 g/mol. The molecule has 80 valence electrons. The number of nitrogens with one attached hydrogen (secondary N) is 1. The first-order chi connectivity index (χ1) is 6.10. The van der Waals surface area contributed by atoms with Crippen molar-refractivity contribution in [2.75, 3.05) is 14.2 Å². The van der Waals surface area contributed by atoms with Gasteiger partial charge >= 0.3 is 0 Å². The summed E-state index contributed by atoms with van der Waals surface area (Å²) in [6, 6.07) is 7.69. The van der Waals surface area contributed by atoms with Crippen LogP contribution in [-0.4, -0.2) is 14.2 Å². The smallest absolute Gasteiger partial charge is 0.118 e. The van der Waals surface area contributed by atoms with E-state index in [1.807, 2.05) is 38.2 Å². The van der Waals surface area contributed by atoms with Gasteiger partial charge < -0.3 is 4.74 Å². The van der Waals surface area contributed by atoms with Gasteiger partial charge in [0.1, 0.15) is 10.7 Å². The number of ether oxygens (including phenoxy) is 1. The molecule has 1 N–H and O–H groups in total. The Labute approximate surface area is 96.0 Å². The second-order valence-electron chi connectivity index (χ2n) is 2.98. The van der Waals surface area contributed by atoms with Crippen LogP contribution in [0.2, 0.25) is 0 Å². The van der Waals surface area contributed by atoms with Crippen molar-refractivity contribution in [2.24, 2.45) is 0 Å². The summed E-state index contributed by atoms with van der Waals surface area (Å²) in [6.45, 7) is 1.91. The topological polar surface area (TPSA) is 21.3 Å². The molecule has 1 unspecified atom stereocenters. The van der Waals surface area contributed by atoms with Crippen LogP contribution >= 0.6 is 24.0 Å². The van der Waals surface area contributed by atoms with E-state index in [2.05, 4.69) is 5.32 Å². The molecule has 0 saturated heterocycles. The zero-order valence-electron chi connectivity index (χ0n) is 8.50. The quantitative estimate of drug-likeness (QED) is 0.643. The van der Waals surface area contributed by atoms with Crippen molar-refractivity contribution in [3.8, 4) is 5.75 Å². The van der Waals surface area contributed by atoms with Crippen LogP contribution in [0.3, 0.4) is 0 Å². The molecule has 0 aliphatic heterocycles. The van der Waals surface area contributed by atoms with Gasteiger partial charge in [0.25, 0.3) is 0 Å². The highest BCUT2D eigenvalue weighted by atomic mass is 35.5. The van der Waals surface area contributed by atoms with Gasteiger partial charge in [0, 0.05) is 0 Å². The Morgan fingerprint density at radius 1 is 1.29 bits per heavy atom. The lowest BCUT2D eigenvalue weighted by Crippen LogP contribution is -2.30.